The van der Waals surface area contributed by atoms with Crippen molar-refractivity contribution >= 4 is 0 Å². The molecule has 21 heavy (non-hydrogen) atoms. The fourth-order valence-electron chi connectivity index (χ4n) is 1.98. The third kappa shape index (κ3) is 4.38. The molecular weight excluding hydrogens is 303 g/mol. The second-order valence-corrected chi connectivity index (χ2v) is 7.26. The fraction of sp³-hybridized carbons (Fsp3) is 0.444. The van der Waals surface area contributed by atoms with Gasteiger partial charge >= 0.3 is 0 Å². The van der Waals surface area contributed by atoms with Crippen LogP contribution >= 0.6 is 0 Å². The molecular formula is C18H23CoN2-. The molecule has 1 radical (unpaired) electrons. The molecule has 0 aromatic carbocycles. The van der Waals surface area contributed by atoms with Crippen molar-refractivity contribution in [1.29, 1.82) is 0 Å². The summed E-state index contributed by atoms with van der Waals surface area (Å²) in [6, 6.07) is 9.61. The van der Waals surface area contributed by atoms with E-state index in [4.69, 9.17) is 0 Å². The van der Waals surface area contributed by atoms with Crippen molar-refractivity contribution < 1.29 is 16.8 Å². The average molecular weight is 326 g/mol. The van der Waals surface area contributed by atoms with E-state index in [1.54, 1.807) is 0 Å². The van der Waals surface area contributed by atoms with Crippen LogP contribution in [0.4, 0.5) is 0 Å². The smallest absolute Gasteiger partial charge is 0.0128 e. The average Bonchev–Trinajstić information content (AvgIpc) is 2.37. The van der Waals surface area contributed by atoms with Crippen molar-refractivity contribution in [2.45, 2.75) is 52.4 Å². The second kappa shape index (κ2) is 6.28. The molecule has 0 atom stereocenters. The third-order valence-electron chi connectivity index (χ3n) is 3.37. The summed E-state index contributed by atoms with van der Waals surface area (Å²) < 4.78 is 0. The maximum Gasteiger partial charge on any atom is 0.0128 e. The fourth-order valence-corrected chi connectivity index (χ4v) is 1.98. The van der Waals surface area contributed by atoms with Gasteiger partial charge < -0.3 is 4.98 Å². The van der Waals surface area contributed by atoms with Crippen LogP contribution in [0, 0.1) is 6.07 Å². The Labute approximate surface area is 138 Å². The largest absolute Gasteiger partial charge is 0.318 e. The second-order valence-electron chi connectivity index (χ2n) is 7.26. The summed E-state index contributed by atoms with van der Waals surface area (Å²) in [5.74, 6) is 0. The molecule has 0 spiro atoms. The van der Waals surface area contributed by atoms with E-state index in [-0.39, 0.29) is 27.6 Å². The molecule has 0 saturated carbocycles. The van der Waals surface area contributed by atoms with Crippen LogP contribution in [0.5, 0.6) is 0 Å². The number of hydrogen-bond acceptors (Lipinski definition) is 2. The summed E-state index contributed by atoms with van der Waals surface area (Å²) >= 11 is 0. The van der Waals surface area contributed by atoms with Gasteiger partial charge in [-0.2, -0.15) is 11.6 Å². The van der Waals surface area contributed by atoms with Gasteiger partial charge in [-0.1, -0.05) is 53.2 Å². The van der Waals surface area contributed by atoms with E-state index in [9.17, 15) is 0 Å². The van der Waals surface area contributed by atoms with E-state index in [2.05, 4.69) is 69.7 Å². The van der Waals surface area contributed by atoms with Crippen molar-refractivity contribution in [1.82, 2.24) is 9.97 Å². The number of nitrogens with zero attached hydrogens (tertiary/aromatic N) is 2. The third-order valence-corrected chi connectivity index (χ3v) is 3.37. The number of pyridine rings is 2. The zero-order chi connectivity index (χ0) is 15.0. The molecule has 2 rings (SSSR count). The summed E-state index contributed by atoms with van der Waals surface area (Å²) in [6.45, 7) is 13.2. The minimum absolute atomic E-state index is 0. The molecule has 115 valence electrons. The van der Waals surface area contributed by atoms with E-state index in [1.807, 2.05) is 18.5 Å². The van der Waals surface area contributed by atoms with Crippen LogP contribution in [-0.2, 0) is 27.6 Å². The molecule has 0 amide bonds. The SMILES string of the molecule is CC(C)(C)c1[c-]c(-c2cc(C(C)(C)C)ccn2)ncc1.[Co]. The predicted octanol–water partition coefficient (Wildman–Crippen LogP) is 4.54. The molecule has 3 heteroatoms. The van der Waals surface area contributed by atoms with Gasteiger partial charge in [0.2, 0.25) is 0 Å². The Bertz CT molecular complexity index is 552. The molecule has 2 nitrogen and oxygen atoms in total. The van der Waals surface area contributed by atoms with E-state index in [1.165, 1.54) is 5.56 Å². The Morgan fingerprint density at radius 2 is 1.48 bits per heavy atom. The molecule has 0 aliphatic carbocycles. The quantitative estimate of drug-likeness (QED) is 0.719. The Morgan fingerprint density at radius 3 is 2.05 bits per heavy atom. The van der Waals surface area contributed by atoms with E-state index in [0.29, 0.717) is 0 Å². The first-order chi connectivity index (χ1) is 9.18. The van der Waals surface area contributed by atoms with Crippen LogP contribution in [0.1, 0.15) is 52.7 Å². The van der Waals surface area contributed by atoms with Crippen molar-refractivity contribution in [2.24, 2.45) is 0 Å². The summed E-state index contributed by atoms with van der Waals surface area (Å²) in [5, 5.41) is 0. The van der Waals surface area contributed by atoms with Gasteiger partial charge in [-0.25, -0.2) is 0 Å². The normalized spacial score (nSPS) is 11.9. The standard InChI is InChI=1S/C18H23N2.Co/c1-17(2,3)13-7-9-19-15(11-13)16-12-14(8-10-20-16)18(4,5)6;/h7-11H,1-6H3;/q-1;. The van der Waals surface area contributed by atoms with Crippen molar-refractivity contribution in [3.8, 4) is 11.4 Å². The van der Waals surface area contributed by atoms with Crippen LogP contribution in [0.3, 0.4) is 0 Å². The molecule has 0 bridgehead atoms. The summed E-state index contributed by atoms with van der Waals surface area (Å²) in [6.07, 6.45) is 3.70. The summed E-state index contributed by atoms with van der Waals surface area (Å²) in [5.41, 5.74) is 4.31. The first-order valence-corrected chi connectivity index (χ1v) is 7.03. The molecule has 0 aliphatic rings. The maximum absolute atomic E-state index is 4.45. The molecule has 0 aliphatic heterocycles. The van der Waals surface area contributed by atoms with Crippen LogP contribution in [-0.4, -0.2) is 9.97 Å². The van der Waals surface area contributed by atoms with Crippen LogP contribution in [0.15, 0.2) is 30.6 Å². The molecule has 0 saturated heterocycles. The molecule has 0 N–H and O–H groups in total. The summed E-state index contributed by atoms with van der Waals surface area (Å²) in [7, 11) is 0. The van der Waals surface area contributed by atoms with Gasteiger partial charge in [0.1, 0.15) is 0 Å². The van der Waals surface area contributed by atoms with Crippen LogP contribution in [0.25, 0.3) is 11.4 Å². The zero-order valence-corrected chi connectivity index (χ0v) is 14.7. The van der Waals surface area contributed by atoms with Crippen molar-refractivity contribution in [3.05, 3.63) is 47.8 Å². The topological polar surface area (TPSA) is 25.8 Å². The van der Waals surface area contributed by atoms with Gasteiger partial charge in [-0.15, -0.1) is 6.07 Å². The molecule has 2 aromatic rings. The van der Waals surface area contributed by atoms with E-state index in [0.717, 1.165) is 17.0 Å². The monoisotopic (exact) mass is 326 g/mol. The first kappa shape index (κ1) is 17.9. The van der Waals surface area contributed by atoms with Crippen LogP contribution in [0.2, 0.25) is 0 Å². The molecule has 2 heterocycles. The molecule has 0 unspecified atom stereocenters. The number of aromatic nitrogens is 2. The van der Waals surface area contributed by atoms with Crippen LogP contribution < -0.4 is 0 Å². The van der Waals surface area contributed by atoms with E-state index < -0.39 is 0 Å². The van der Waals surface area contributed by atoms with Gasteiger partial charge in [0.15, 0.2) is 0 Å². The first-order valence-electron chi connectivity index (χ1n) is 7.03. The van der Waals surface area contributed by atoms with Gasteiger partial charge in [0.25, 0.3) is 0 Å². The Kier molecular flexibility index (Phi) is 5.34. The Hall–Kier alpha value is -1.19. The zero-order valence-electron chi connectivity index (χ0n) is 13.6. The van der Waals surface area contributed by atoms with Crippen molar-refractivity contribution in [3.63, 3.8) is 0 Å². The number of rotatable bonds is 1. The van der Waals surface area contributed by atoms with Crippen molar-refractivity contribution in [2.75, 3.05) is 0 Å². The van der Waals surface area contributed by atoms with Gasteiger partial charge in [-0.05, 0) is 34.5 Å². The minimum Gasteiger partial charge on any atom is -0.318 e. The number of hydrogen-bond donors (Lipinski definition) is 0. The Morgan fingerprint density at radius 1 is 0.857 bits per heavy atom. The van der Waals surface area contributed by atoms with Gasteiger partial charge in [0.05, 0.1) is 0 Å². The predicted molar refractivity (Wildman–Crippen MR) is 83.7 cm³/mol. The van der Waals surface area contributed by atoms with E-state index >= 15 is 0 Å². The maximum atomic E-state index is 4.45. The minimum atomic E-state index is 0. The molecule has 2 aromatic heterocycles. The molecule has 0 fully saturated rings. The van der Waals surface area contributed by atoms with Gasteiger partial charge in [0, 0.05) is 23.0 Å². The summed E-state index contributed by atoms with van der Waals surface area (Å²) in [4.78, 5) is 8.88. The van der Waals surface area contributed by atoms with Gasteiger partial charge in [-0.3, -0.25) is 4.98 Å². The Balaban J connectivity index is 0.00000220.